The summed E-state index contributed by atoms with van der Waals surface area (Å²) in [5, 5.41) is 1.67. The number of carbonyl (C=O) groups is 2. The number of amides is 1. The molecule has 0 radical (unpaired) electrons. The highest BCUT2D eigenvalue weighted by Crippen LogP contribution is 2.32. The van der Waals surface area contributed by atoms with Crippen LogP contribution in [0.15, 0.2) is 42.5 Å². The summed E-state index contributed by atoms with van der Waals surface area (Å²) in [5.74, 6) is -3.63. The molecule has 13 heteroatoms. The van der Waals surface area contributed by atoms with Gasteiger partial charge in [-0.1, -0.05) is 18.2 Å². The smallest absolute Gasteiger partial charge is 0.344 e. The third-order valence-electron chi connectivity index (χ3n) is 4.17. The van der Waals surface area contributed by atoms with Crippen molar-refractivity contribution in [1.82, 2.24) is 5.32 Å². The zero-order valence-electron chi connectivity index (χ0n) is 16.3. The molecule has 0 heterocycles. The van der Waals surface area contributed by atoms with E-state index in [0.29, 0.717) is 16.4 Å². The molecular weight excluding hydrogens is 466 g/mol. The number of carbonyl (C=O) groups excluding carboxylic acids is 2. The van der Waals surface area contributed by atoms with Gasteiger partial charge in [-0.3, -0.25) is 13.9 Å². The summed E-state index contributed by atoms with van der Waals surface area (Å²) in [6.45, 7) is -1.50. The summed E-state index contributed by atoms with van der Waals surface area (Å²) in [5.41, 5.74) is -2.00. The maximum atomic E-state index is 14.5. The minimum absolute atomic E-state index is 0.263. The molecule has 32 heavy (non-hydrogen) atoms. The van der Waals surface area contributed by atoms with Gasteiger partial charge in [0.1, 0.15) is 5.82 Å². The van der Waals surface area contributed by atoms with Crippen molar-refractivity contribution in [3.8, 4) is 0 Å². The van der Waals surface area contributed by atoms with E-state index in [4.69, 9.17) is 0 Å². The second-order valence-corrected chi connectivity index (χ2v) is 8.47. The second-order valence-electron chi connectivity index (χ2n) is 6.57. The van der Waals surface area contributed by atoms with Crippen LogP contribution in [0, 0.1) is 5.82 Å². The van der Waals surface area contributed by atoms with Gasteiger partial charge in [-0.05, 0) is 24.3 Å². The van der Waals surface area contributed by atoms with E-state index in [1.807, 2.05) is 0 Å². The molecule has 2 aromatic carbocycles. The normalized spacial score (nSPS) is 12.0. The Morgan fingerprint density at radius 2 is 1.75 bits per heavy atom. The van der Waals surface area contributed by atoms with Crippen LogP contribution in [-0.4, -0.2) is 39.3 Å². The first kappa shape index (κ1) is 25.2. The molecule has 174 valence electrons. The molecule has 0 saturated heterocycles. The Hall–Kier alpha value is -3.09. The van der Waals surface area contributed by atoms with Gasteiger partial charge in [0.2, 0.25) is 10.0 Å². The Kier molecular flexibility index (Phi) is 7.54. The number of Topliss-reactive ketones (excluding diaryl/α,β-unsaturated/α-hetero) is 1. The number of anilines is 1. The number of benzene rings is 2. The van der Waals surface area contributed by atoms with Crippen LogP contribution in [-0.2, 0) is 27.5 Å². The number of hydrogen-bond donors (Lipinski definition) is 1. The number of nitrogens with zero attached hydrogens (tertiary/aromatic N) is 1. The van der Waals surface area contributed by atoms with Crippen molar-refractivity contribution in [3.63, 3.8) is 0 Å². The summed E-state index contributed by atoms with van der Waals surface area (Å²) in [4.78, 5) is 22.7. The lowest BCUT2D eigenvalue weighted by Gasteiger charge is -2.23. The van der Waals surface area contributed by atoms with E-state index in [0.717, 1.165) is 36.6 Å². The predicted octanol–water partition coefficient (Wildman–Crippen LogP) is 3.37. The summed E-state index contributed by atoms with van der Waals surface area (Å²) in [6, 6.07) is 6.27. The first-order valence-corrected chi connectivity index (χ1v) is 10.6. The van der Waals surface area contributed by atoms with E-state index < -0.39 is 58.8 Å². The molecule has 0 aromatic heterocycles. The number of ketones is 1. The van der Waals surface area contributed by atoms with E-state index in [9.17, 15) is 44.3 Å². The maximum absolute atomic E-state index is 14.5. The average molecular weight is 482 g/mol. The first-order chi connectivity index (χ1) is 14.7. The van der Waals surface area contributed by atoms with Crippen LogP contribution in [0.2, 0.25) is 0 Å². The van der Waals surface area contributed by atoms with Gasteiger partial charge in [0.15, 0.2) is 5.78 Å². The van der Waals surface area contributed by atoms with Crippen molar-refractivity contribution in [2.45, 2.75) is 19.1 Å². The first-order valence-electron chi connectivity index (χ1n) is 8.72. The number of hydrogen-bond acceptors (Lipinski definition) is 4. The van der Waals surface area contributed by atoms with Gasteiger partial charge in [0, 0.05) is 11.1 Å². The molecule has 0 aliphatic carbocycles. The topological polar surface area (TPSA) is 83.6 Å². The van der Waals surface area contributed by atoms with Crippen LogP contribution < -0.4 is 9.62 Å². The molecule has 2 aromatic rings. The SMILES string of the molecule is CS(=O)(=O)N(Cc1ccc(C(=O)CNC(=O)C(F)F)cc1F)c1cccc(C(F)(F)F)c1. The van der Waals surface area contributed by atoms with Crippen LogP contribution in [0.25, 0.3) is 0 Å². The van der Waals surface area contributed by atoms with Crippen LogP contribution in [0.4, 0.5) is 32.0 Å². The van der Waals surface area contributed by atoms with E-state index >= 15 is 0 Å². The zero-order chi connectivity index (χ0) is 24.3. The van der Waals surface area contributed by atoms with Crippen molar-refractivity contribution in [1.29, 1.82) is 0 Å². The lowest BCUT2D eigenvalue weighted by atomic mass is 10.1. The second kappa shape index (κ2) is 9.59. The molecule has 0 bridgehead atoms. The van der Waals surface area contributed by atoms with E-state index in [2.05, 4.69) is 0 Å². The number of nitrogens with one attached hydrogen (secondary N) is 1. The molecule has 0 spiro atoms. The maximum Gasteiger partial charge on any atom is 0.416 e. The molecule has 0 fully saturated rings. The van der Waals surface area contributed by atoms with E-state index in [-0.39, 0.29) is 16.8 Å². The molecule has 1 N–H and O–H groups in total. The number of halogens is 6. The van der Waals surface area contributed by atoms with E-state index in [1.54, 1.807) is 5.32 Å². The van der Waals surface area contributed by atoms with E-state index in [1.165, 1.54) is 0 Å². The van der Waals surface area contributed by atoms with Crippen molar-refractivity contribution in [3.05, 3.63) is 65.0 Å². The monoisotopic (exact) mass is 482 g/mol. The van der Waals surface area contributed by atoms with Gasteiger partial charge in [0.05, 0.1) is 30.6 Å². The highest BCUT2D eigenvalue weighted by Gasteiger charge is 2.31. The Labute approximate surface area is 178 Å². The molecule has 0 unspecified atom stereocenters. The molecule has 1 amide bonds. The molecule has 2 rings (SSSR count). The van der Waals surface area contributed by atoms with Crippen molar-refractivity contribution >= 4 is 27.4 Å². The lowest BCUT2D eigenvalue weighted by molar-refractivity contribution is -0.137. The predicted molar refractivity (Wildman–Crippen MR) is 102 cm³/mol. The molecule has 0 atom stereocenters. The summed E-state index contributed by atoms with van der Waals surface area (Å²) >= 11 is 0. The van der Waals surface area contributed by atoms with Gasteiger partial charge in [-0.15, -0.1) is 0 Å². The van der Waals surface area contributed by atoms with Gasteiger partial charge in [-0.2, -0.15) is 22.0 Å². The van der Waals surface area contributed by atoms with Gasteiger partial charge in [0.25, 0.3) is 5.91 Å². The largest absolute Gasteiger partial charge is 0.416 e. The van der Waals surface area contributed by atoms with Crippen LogP contribution in [0.5, 0.6) is 0 Å². The summed E-state index contributed by atoms with van der Waals surface area (Å²) in [7, 11) is -4.13. The number of rotatable bonds is 8. The Morgan fingerprint density at radius 3 is 2.28 bits per heavy atom. The number of sulfonamides is 1. The van der Waals surface area contributed by atoms with Crippen LogP contribution in [0.1, 0.15) is 21.5 Å². The fraction of sp³-hybridized carbons (Fsp3) is 0.263. The highest BCUT2D eigenvalue weighted by atomic mass is 32.2. The summed E-state index contributed by atoms with van der Waals surface area (Å²) < 4.78 is 103. The van der Waals surface area contributed by atoms with Gasteiger partial charge in [-0.25, -0.2) is 12.8 Å². The lowest BCUT2D eigenvalue weighted by Crippen LogP contribution is -2.34. The molecule has 0 aliphatic heterocycles. The molecule has 6 nitrogen and oxygen atoms in total. The van der Waals surface area contributed by atoms with Crippen LogP contribution in [0.3, 0.4) is 0 Å². The fourth-order valence-corrected chi connectivity index (χ4v) is 3.46. The standard InChI is InChI=1S/C19H16F6N2O4S/c1-32(30,31)27(14-4-2-3-13(8-14)19(23,24)25)10-12-6-5-11(7-15(12)20)16(28)9-26-18(29)17(21)22/h2-8,17H,9-10H2,1H3,(H,26,29). The summed E-state index contributed by atoms with van der Waals surface area (Å²) in [6.07, 6.45) is -7.33. The highest BCUT2D eigenvalue weighted by molar-refractivity contribution is 7.92. The Bertz CT molecular complexity index is 1120. The van der Waals surface area contributed by atoms with Crippen molar-refractivity contribution in [2.24, 2.45) is 0 Å². The Morgan fingerprint density at radius 1 is 1.09 bits per heavy atom. The minimum atomic E-state index is -4.73. The van der Waals surface area contributed by atoms with Crippen molar-refractivity contribution in [2.75, 3.05) is 17.1 Å². The van der Waals surface area contributed by atoms with Gasteiger partial charge < -0.3 is 5.32 Å². The fourth-order valence-electron chi connectivity index (χ4n) is 2.59. The Balaban J connectivity index is 2.29. The molecule has 0 aliphatic rings. The van der Waals surface area contributed by atoms with Crippen LogP contribution >= 0.6 is 0 Å². The molecular formula is C19H16F6N2O4S. The molecule has 0 saturated carbocycles. The van der Waals surface area contributed by atoms with Gasteiger partial charge >= 0.3 is 12.6 Å². The third kappa shape index (κ3) is 6.45. The third-order valence-corrected chi connectivity index (χ3v) is 5.31. The minimum Gasteiger partial charge on any atom is -0.344 e. The number of alkyl halides is 5. The zero-order valence-corrected chi connectivity index (χ0v) is 17.1. The quantitative estimate of drug-likeness (QED) is 0.462. The average Bonchev–Trinajstić information content (AvgIpc) is 2.69. The van der Waals surface area contributed by atoms with Crippen molar-refractivity contribution < 1.29 is 44.3 Å².